The third kappa shape index (κ3) is 2.88. The molecule has 0 saturated heterocycles. The van der Waals surface area contributed by atoms with E-state index in [9.17, 15) is 18.0 Å². The lowest BCUT2D eigenvalue weighted by Crippen LogP contribution is -2.43. The molecule has 1 heterocycles. The van der Waals surface area contributed by atoms with Crippen molar-refractivity contribution in [2.24, 2.45) is 0 Å². The molecule has 2 aromatic carbocycles. The smallest absolute Gasteiger partial charge is 0.268 e. The average molecular weight is 316 g/mol. The first-order chi connectivity index (χ1) is 11.0. The van der Waals surface area contributed by atoms with Crippen LogP contribution in [0.3, 0.4) is 0 Å². The second kappa shape index (κ2) is 5.72. The maximum absolute atomic E-state index is 13.5. The van der Waals surface area contributed by atoms with Crippen LogP contribution in [0.25, 0.3) is 10.9 Å². The van der Waals surface area contributed by atoms with Gasteiger partial charge in [-0.05, 0) is 24.3 Å². The van der Waals surface area contributed by atoms with Gasteiger partial charge in [-0.15, -0.1) is 13.2 Å². The topological polar surface area (TPSA) is 33.2 Å². The lowest BCUT2D eigenvalue weighted by Gasteiger charge is -2.25. The van der Waals surface area contributed by atoms with Crippen molar-refractivity contribution >= 4 is 22.5 Å². The average Bonchev–Trinajstić information content (AvgIpc) is 2.55. The van der Waals surface area contributed by atoms with E-state index in [0.29, 0.717) is 5.39 Å². The number of hydrogen-bond acceptors (Lipinski definition) is 2. The quantitative estimate of drug-likeness (QED) is 0.657. The summed E-state index contributed by atoms with van der Waals surface area (Å²) in [6.45, 7) is 0. The number of hydrogen-bond donors (Lipinski definition) is 0. The van der Waals surface area contributed by atoms with E-state index in [0.717, 1.165) is 0 Å². The number of benzene rings is 2. The molecule has 1 amide bonds. The van der Waals surface area contributed by atoms with Gasteiger partial charge >= 0.3 is 6.30 Å². The van der Waals surface area contributed by atoms with Crippen LogP contribution < -0.4 is 4.90 Å². The normalized spacial score (nSPS) is 11.4. The fourth-order valence-corrected chi connectivity index (χ4v) is 2.34. The summed E-state index contributed by atoms with van der Waals surface area (Å²) in [6.07, 6.45) is -3.47. The van der Waals surface area contributed by atoms with Gasteiger partial charge in [-0.2, -0.15) is 0 Å². The highest BCUT2D eigenvalue weighted by molar-refractivity contribution is 6.10. The summed E-state index contributed by atoms with van der Waals surface area (Å²) in [5.41, 5.74) is -0.209. The molecule has 0 atom stereocenters. The minimum absolute atomic E-state index is 0.0437. The summed E-state index contributed by atoms with van der Waals surface area (Å²) in [5, 5.41) is 0.528. The molecular weight excluding hydrogens is 305 g/mol. The summed E-state index contributed by atoms with van der Waals surface area (Å²) in [7, 11) is 0. The summed E-state index contributed by atoms with van der Waals surface area (Å²) in [5.74, 6) is -1.14. The van der Waals surface area contributed by atoms with Crippen LogP contribution in [0.5, 0.6) is 0 Å². The maximum Gasteiger partial charge on any atom is 0.491 e. The Balaban J connectivity index is 2.19. The van der Waals surface area contributed by atoms with Gasteiger partial charge in [0.25, 0.3) is 5.91 Å². The summed E-state index contributed by atoms with van der Waals surface area (Å²) in [6, 6.07) is 15.0. The summed E-state index contributed by atoms with van der Waals surface area (Å²) in [4.78, 5) is 16.2. The van der Waals surface area contributed by atoms with Crippen molar-refractivity contribution in [1.82, 2.24) is 4.98 Å². The van der Waals surface area contributed by atoms with Gasteiger partial charge < -0.3 is 0 Å². The molecule has 0 spiro atoms. The van der Waals surface area contributed by atoms with E-state index in [1.807, 2.05) is 0 Å². The van der Waals surface area contributed by atoms with Crippen LogP contribution in [-0.2, 0) is 0 Å². The molecule has 116 valence electrons. The summed E-state index contributed by atoms with van der Waals surface area (Å²) < 4.78 is 40.6. The van der Waals surface area contributed by atoms with Gasteiger partial charge in [0.05, 0.1) is 11.2 Å². The van der Waals surface area contributed by atoms with E-state index >= 15 is 0 Å². The van der Waals surface area contributed by atoms with E-state index in [4.69, 9.17) is 0 Å². The Labute approximate surface area is 130 Å². The maximum atomic E-state index is 13.5. The zero-order valence-corrected chi connectivity index (χ0v) is 11.8. The van der Waals surface area contributed by atoms with Gasteiger partial charge in [-0.25, -0.2) is 4.90 Å². The first-order valence-corrected chi connectivity index (χ1v) is 6.78. The van der Waals surface area contributed by atoms with Crippen molar-refractivity contribution in [2.75, 3.05) is 4.90 Å². The number of aromatic nitrogens is 1. The highest BCUT2D eigenvalue weighted by Gasteiger charge is 2.43. The first kappa shape index (κ1) is 15.0. The minimum Gasteiger partial charge on any atom is -0.268 e. The molecule has 0 aliphatic heterocycles. The number of nitrogens with zero attached hydrogens (tertiary/aromatic N) is 2. The van der Waals surface area contributed by atoms with Crippen molar-refractivity contribution in [3.63, 3.8) is 0 Å². The fourth-order valence-electron chi connectivity index (χ4n) is 2.34. The van der Waals surface area contributed by atoms with E-state index < -0.39 is 12.2 Å². The molecule has 0 fully saturated rings. The van der Waals surface area contributed by atoms with E-state index in [1.54, 1.807) is 24.3 Å². The number of para-hydroxylation sites is 1. The molecule has 0 aliphatic rings. The monoisotopic (exact) mass is 316 g/mol. The lowest BCUT2D eigenvalue weighted by molar-refractivity contribution is -0.122. The summed E-state index contributed by atoms with van der Waals surface area (Å²) >= 11 is 0. The molecule has 1 aromatic heterocycles. The Kier molecular flexibility index (Phi) is 3.73. The van der Waals surface area contributed by atoms with Crippen molar-refractivity contribution in [3.05, 3.63) is 72.4 Å². The molecule has 0 saturated carbocycles. The number of carbonyl (C=O) groups excluding carboxylic acids is 1. The third-order valence-corrected chi connectivity index (χ3v) is 3.33. The molecule has 3 aromatic rings. The molecular formula is C17H11F3N2O. The predicted octanol–water partition coefficient (Wildman–Crippen LogP) is 4.40. The molecule has 6 heteroatoms. The fraction of sp³-hybridized carbons (Fsp3) is 0.0588. The molecule has 23 heavy (non-hydrogen) atoms. The largest absolute Gasteiger partial charge is 0.491 e. The van der Waals surface area contributed by atoms with Crippen LogP contribution in [-0.4, -0.2) is 17.2 Å². The Morgan fingerprint density at radius 3 is 2.30 bits per heavy atom. The third-order valence-electron chi connectivity index (χ3n) is 3.33. The van der Waals surface area contributed by atoms with Crippen LogP contribution in [0.4, 0.5) is 18.9 Å². The van der Waals surface area contributed by atoms with Crippen molar-refractivity contribution in [2.45, 2.75) is 6.30 Å². The van der Waals surface area contributed by atoms with Crippen molar-refractivity contribution in [1.29, 1.82) is 0 Å². The standard InChI is InChI=1S/C17H11F3N2O/c18-17(19,20)22(16(23)13-6-2-1-3-7-13)14-10-4-8-12-9-5-11-21-15(12)14/h1-11H. The van der Waals surface area contributed by atoms with E-state index in [2.05, 4.69) is 4.98 Å². The molecule has 3 nitrogen and oxygen atoms in total. The van der Waals surface area contributed by atoms with Gasteiger partial charge in [-0.1, -0.05) is 36.4 Å². The number of anilines is 1. The second-order valence-corrected chi connectivity index (χ2v) is 4.83. The van der Waals surface area contributed by atoms with E-state index in [1.165, 1.54) is 42.6 Å². The van der Waals surface area contributed by atoms with Gasteiger partial charge in [-0.3, -0.25) is 9.78 Å². The van der Waals surface area contributed by atoms with E-state index in [-0.39, 0.29) is 21.7 Å². The minimum atomic E-state index is -4.86. The van der Waals surface area contributed by atoms with Gasteiger partial charge in [0.15, 0.2) is 0 Å². The number of carbonyl (C=O) groups is 1. The number of rotatable bonds is 2. The molecule has 0 bridgehead atoms. The lowest BCUT2D eigenvalue weighted by atomic mass is 10.1. The molecule has 0 unspecified atom stereocenters. The van der Waals surface area contributed by atoms with Gasteiger partial charge in [0.1, 0.15) is 0 Å². The van der Waals surface area contributed by atoms with Crippen LogP contribution in [0.1, 0.15) is 10.4 Å². The van der Waals surface area contributed by atoms with Crippen LogP contribution >= 0.6 is 0 Å². The Morgan fingerprint density at radius 1 is 0.913 bits per heavy atom. The first-order valence-electron chi connectivity index (χ1n) is 6.78. The Hall–Kier alpha value is -2.89. The van der Waals surface area contributed by atoms with Crippen molar-refractivity contribution < 1.29 is 18.0 Å². The number of fused-ring (bicyclic) bond motifs is 1. The van der Waals surface area contributed by atoms with Crippen LogP contribution in [0.2, 0.25) is 0 Å². The zero-order valence-electron chi connectivity index (χ0n) is 11.8. The molecule has 3 rings (SSSR count). The van der Waals surface area contributed by atoms with Crippen LogP contribution in [0, 0.1) is 0 Å². The SMILES string of the molecule is O=C(c1ccccc1)N(c1cccc2cccnc12)C(F)(F)F. The Morgan fingerprint density at radius 2 is 1.61 bits per heavy atom. The number of pyridine rings is 1. The number of amides is 1. The highest BCUT2D eigenvalue weighted by Crippen LogP contribution is 2.34. The number of alkyl halides is 3. The van der Waals surface area contributed by atoms with Crippen molar-refractivity contribution in [3.8, 4) is 0 Å². The van der Waals surface area contributed by atoms with Crippen LogP contribution in [0.15, 0.2) is 66.9 Å². The second-order valence-electron chi connectivity index (χ2n) is 4.83. The molecule has 0 radical (unpaired) electrons. The number of halogens is 3. The molecule has 0 aliphatic carbocycles. The molecule has 0 N–H and O–H groups in total. The van der Waals surface area contributed by atoms with Gasteiger partial charge in [0.2, 0.25) is 0 Å². The highest BCUT2D eigenvalue weighted by atomic mass is 19.4. The van der Waals surface area contributed by atoms with Gasteiger partial charge in [0, 0.05) is 17.1 Å². The predicted molar refractivity (Wildman–Crippen MR) is 81.0 cm³/mol. The zero-order chi connectivity index (χ0) is 16.4. The Bertz CT molecular complexity index is 842.